The molecule has 0 saturated heterocycles. The van der Waals surface area contributed by atoms with Crippen LogP contribution in [0.2, 0.25) is 0 Å². The molecule has 0 spiro atoms. The highest BCUT2D eigenvalue weighted by Gasteiger charge is 2.15. The first-order chi connectivity index (χ1) is 8.65. The van der Waals surface area contributed by atoms with Crippen LogP contribution in [0.15, 0.2) is 30.3 Å². The minimum Gasteiger partial charge on any atom is -0.311 e. The molecular weight excluding hydrogens is 224 g/mol. The topological polar surface area (TPSA) is 44.1 Å². The van der Waals surface area contributed by atoms with Crippen LogP contribution in [-0.2, 0) is 4.79 Å². The average Bonchev–Trinajstić information content (AvgIpc) is 2.38. The fourth-order valence-corrected chi connectivity index (χ4v) is 1.71. The quantitative estimate of drug-likeness (QED) is 0.770. The van der Waals surface area contributed by atoms with Crippen LogP contribution in [0.4, 0.5) is 5.69 Å². The predicted octanol–water partition coefficient (Wildman–Crippen LogP) is 3.37. The van der Waals surface area contributed by atoms with Crippen molar-refractivity contribution < 1.29 is 4.79 Å². The van der Waals surface area contributed by atoms with Gasteiger partial charge in [-0.2, -0.15) is 5.26 Å². The van der Waals surface area contributed by atoms with Crippen molar-refractivity contribution in [1.29, 1.82) is 5.26 Å². The van der Waals surface area contributed by atoms with Gasteiger partial charge in [0, 0.05) is 18.7 Å². The van der Waals surface area contributed by atoms with Crippen LogP contribution in [0.5, 0.6) is 0 Å². The van der Waals surface area contributed by atoms with Crippen LogP contribution in [0.3, 0.4) is 0 Å². The Balaban J connectivity index is 2.72. The maximum atomic E-state index is 12.2. The smallest absolute Gasteiger partial charge is 0.227 e. The Hall–Kier alpha value is -1.82. The lowest BCUT2D eigenvalue weighted by atomic mass is 10.1. The van der Waals surface area contributed by atoms with Gasteiger partial charge in [-0.1, -0.05) is 32.0 Å². The normalized spacial score (nSPS) is 10.1. The molecular formula is C15H20N2O. The summed E-state index contributed by atoms with van der Waals surface area (Å²) in [6.07, 6.45) is 1.79. The van der Waals surface area contributed by atoms with Gasteiger partial charge in [0.2, 0.25) is 5.91 Å². The van der Waals surface area contributed by atoms with E-state index in [0.717, 1.165) is 12.1 Å². The van der Waals surface area contributed by atoms with Crippen molar-refractivity contribution in [2.45, 2.75) is 33.1 Å². The monoisotopic (exact) mass is 244 g/mol. The third-order valence-electron chi connectivity index (χ3n) is 2.75. The molecule has 1 rings (SSSR count). The van der Waals surface area contributed by atoms with Gasteiger partial charge in [-0.3, -0.25) is 4.79 Å². The lowest BCUT2D eigenvalue weighted by Gasteiger charge is -2.22. The van der Waals surface area contributed by atoms with Gasteiger partial charge >= 0.3 is 0 Å². The largest absolute Gasteiger partial charge is 0.311 e. The zero-order valence-corrected chi connectivity index (χ0v) is 11.1. The van der Waals surface area contributed by atoms with E-state index in [1.54, 1.807) is 4.90 Å². The van der Waals surface area contributed by atoms with Gasteiger partial charge in [-0.15, -0.1) is 0 Å². The van der Waals surface area contributed by atoms with E-state index in [1.165, 1.54) is 0 Å². The van der Waals surface area contributed by atoms with Crippen LogP contribution >= 0.6 is 0 Å². The number of hydrogen-bond donors (Lipinski definition) is 0. The number of carbonyl (C=O) groups is 1. The molecule has 0 aliphatic heterocycles. The molecule has 0 aliphatic carbocycles. The standard InChI is InChI=1S/C15H20N2O/c1-13(2)9-10-15(18)17(12-6-11-16)14-7-4-3-5-8-14/h3-5,7-8,13H,6,9-10,12H2,1-2H3. The van der Waals surface area contributed by atoms with Crippen LogP contribution in [0.25, 0.3) is 0 Å². The molecule has 0 aromatic heterocycles. The fourth-order valence-electron chi connectivity index (χ4n) is 1.71. The third-order valence-corrected chi connectivity index (χ3v) is 2.75. The molecule has 1 aromatic carbocycles. The Morgan fingerprint density at radius 2 is 2.00 bits per heavy atom. The molecule has 0 heterocycles. The number of hydrogen-bond acceptors (Lipinski definition) is 2. The highest BCUT2D eigenvalue weighted by Crippen LogP contribution is 2.16. The summed E-state index contributed by atoms with van der Waals surface area (Å²) in [5.41, 5.74) is 0.876. The summed E-state index contributed by atoms with van der Waals surface area (Å²) in [4.78, 5) is 13.9. The van der Waals surface area contributed by atoms with E-state index in [4.69, 9.17) is 5.26 Å². The molecule has 3 heteroatoms. The molecule has 1 amide bonds. The van der Waals surface area contributed by atoms with Crippen LogP contribution in [-0.4, -0.2) is 12.5 Å². The zero-order chi connectivity index (χ0) is 13.4. The molecule has 0 radical (unpaired) electrons. The Bertz CT molecular complexity index is 406. The second-order valence-corrected chi connectivity index (χ2v) is 4.72. The van der Waals surface area contributed by atoms with Crippen LogP contribution in [0.1, 0.15) is 33.1 Å². The van der Waals surface area contributed by atoms with Gasteiger partial charge in [0.15, 0.2) is 0 Å². The summed E-state index contributed by atoms with van der Waals surface area (Å²) < 4.78 is 0. The average molecular weight is 244 g/mol. The van der Waals surface area contributed by atoms with E-state index < -0.39 is 0 Å². The number of anilines is 1. The molecule has 0 atom stereocenters. The van der Waals surface area contributed by atoms with E-state index in [-0.39, 0.29) is 5.91 Å². The Morgan fingerprint density at radius 1 is 1.33 bits per heavy atom. The number of nitrogens with zero attached hydrogens (tertiary/aromatic N) is 2. The highest BCUT2D eigenvalue weighted by atomic mass is 16.2. The SMILES string of the molecule is CC(C)CCC(=O)N(CCC#N)c1ccccc1. The van der Waals surface area contributed by atoms with Gasteiger partial charge in [-0.05, 0) is 24.5 Å². The van der Waals surface area contributed by atoms with Crippen LogP contribution in [0, 0.1) is 17.2 Å². The fraction of sp³-hybridized carbons (Fsp3) is 0.467. The molecule has 0 aliphatic rings. The number of amides is 1. The van der Waals surface area contributed by atoms with Crippen molar-refractivity contribution in [1.82, 2.24) is 0 Å². The van der Waals surface area contributed by atoms with E-state index in [9.17, 15) is 4.79 Å². The molecule has 0 unspecified atom stereocenters. The van der Waals surface area contributed by atoms with Crippen molar-refractivity contribution in [3.8, 4) is 6.07 Å². The van der Waals surface area contributed by atoms with E-state index in [2.05, 4.69) is 19.9 Å². The maximum absolute atomic E-state index is 12.2. The first-order valence-corrected chi connectivity index (χ1v) is 6.37. The summed E-state index contributed by atoms with van der Waals surface area (Å²) >= 11 is 0. The van der Waals surface area contributed by atoms with Crippen molar-refractivity contribution in [2.75, 3.05) is 11.4 Å². The molecule has 18 heavy (non-hydrogen) atoms. The van der Waals surface area contributed by atoms with Gasteiger partial charge in [0.05, 0.1) is 12.5 Å². The highest BCUT2D eigenvalue weighted by molar-refractivity contribution is 5.93. The molecule has 0 fully saturated rings. The zero-order valence-electron chi connectivity index (χ0n) is 11.1. The van der Waals surface area contributed by atoms with Gasteiger partial charge < -0.3 is 4.90 Å². The van der Waals surface area contributed by atoms with Crippen molar-refractivity contribution >= 4 is 11.6 Å². The second-order valence-electron chi connectivity index (χ2n) is 4.72. The predicted molar refractivity (Wildman–Crippen MR) is 73.1 cm³/mol. The minimum absolute atomic E-state index is 0.102. The molecule has 0 N–H and O–H groups in total. The first kappa shape index (κ1) is 14.2. The van der Waals surface area contributed by atoms with E-state index in [0.29, 0.717) is 25.3 Å². The Morgan fingerprint density at radius 3 is 2.56 bits per heavy atom. The Labute approximate surface area is 109 Å². The maximum Gasteiger partial charge on any atom is 0.227 e. The van der Waals surface area contributed by atoms with Gasteiger partial charge in [0.25, 0.3) is 0 Å². The van der Waals surface area contributed by atoms with E-state index in [1.807, 2.05) is 30.3 Å². The first-order valence-electron chi connectivity index (χ1n) is 6.37. The van der Waals surface area contributed by atoms with Crippen LogP contribution < -0.4 is 4.90 Å². The number of carbonyl (C=O) groups excluding carboxylic acids is 1. The number of nitriles is 1. The van der Waals surface area contributed by atoms with E-state index >= 15 is 0 Å². The van der Waals surface area contributed by atoms with Gasteiger partial charge in [-0.25, -0.2) is 0 Å². The van der Waals surface area contributed by atoms with Crippen molar-refractivity contribution in [2.24, 2.45) is 5.92 Å². The number of rotatable bonds is 6. The Kier molecular flexibility index (Phi) is 5.93. The summed E-state index contributed by atoms with van der Waals surface area (Å²) in [6, 6.07) is 11.6. The molecule has 3 nitrogen and oxygen atoms in total. The summed E-state index contributed by atoms with van der Waals surface area (Å²) in [5, 5.41) is 8.67. The van der Waals surface area contributed by atoms with Crippen molar-refractivity contribution in [3.63, 3.8) is 0 Å². The lowest BCUT2D eigenvalue weighted by molar-refractivity contribution is -0.118. The molecule has 96 valence electrons. The summed E-state index contributed by atoms with van der Waals surface area (Å²) in [6.45, 7) is 4.68. The van der Waals surface area contributed by atoms with Crippen molar-refractivity contribution in [3.05, 3.63) is 30.3 Å². The number of para-hydroxylation sites is 1. The molecule has 0 bridgehead atoms. The minimum atomic E-state index is 0.102. The lowest BCUT2D eigenvalue weighted by Crippen LogP contribution is -2.31. The summed E-state index contributed by atoms with van der Waals surface area (Å²) in [7, 11) is 0. The van der Waals surface area contributed by atoms with Gasteiger partial charge in [0.1, 0.15) is 0 Å². The molecule has 1 aromatic rings. The third kappa shape index (κ3) is 4.58. The molecule has 0 saturated carbocycles. The number of benzene rings is 1. The summed E-state index contributed by atoms with van der Waals surface area (Å²) in [5.74, 6) is 0.618. The second kappa shape index (κ2) is 7.50.